The summed E-state index contributed by atoms with van der Waals surface area (Å²) in [7, 11) is 0. The lowest BCUT2D eigenvalue weighted by Crippen LogP contribution is -2.22. The van der Waals surface area contributed by atoms with Gasteiger partial charge in [0.15, 0.2) is 0 Å². The summed E-state index contributed by atoms with van der Waals surface area (Å²) >= 11 is 1.94. The Hall–Kier alpha value is -1.12. The average molecular weight is 271 g/mol. The number of hydrogen-bond donors (Lipinski definition) is 1. The number of aryl methyl sites for hydroxylation is 1. The molecule has 2 aromatic rings. The van der Waals surface area contributed by atoms with Crippen molar-refractivity contribution in [2.75, 3.05) is 6.54 Å². The Morgan fingerprint density at radius 3 is 2.63 bits per heavy atom. The molecule has 3 unspecified atom stereocenters. The predicted octanol–water partition coefficient (Wildman–Crippen LogP) is 4.51. The molecular weight excluding hydrogens is 250 g/mol. The Bertz CT molecular complexity index is 531. The maximum Gasteiger partial charge on any atom is 0.0449 e. The third kappa shape index (κ3) is 2.75. The molecule has 0 bridgehead atoms. The van der Waals surface area contributed by atoms with Gasteiger partial charge >= 0.3 is 0 Å². The highest BCUT2D eigenvalue weighted by Crippen LogP contribution is 2.54. The van der Waals surface area contributed by atoms with Gasteiger partial charge in [-0.25, -0.2) is 0 Å². The highest BCUT2D eigenvalue weighted by molar-refractivity contribution is 7.12. The predicted molar refractivity (Wildman–Crippen MR) is 82.8 cm³/mol. The zero-order valence-electron chi connectivity index (χ0n) is 11.6. The maximum atomic E-state index is 3.68. The lowest BCUT2D eigenvalue weighted by atomic mass is 10.0. The zero-order chi connectivity index (χ0) is 13.2. The molecule has 0 aliphatic heterocycles. The molecule has 0 amide bonds. The Morgan fingerprint density at radius 1 is 1.21 bits per heavy atom. The van der Waals surface area contributed by atoms with Gasteiger partial charge in [-0.05, 0) is 49.4 Å². The first-order valence-corrected chi connectivity index (χ1v) is 7.96. The van der Waals surface area contributed by atoms with E-state index in [1.54, 1.807) is 0 Å². The molecule has 1 nitrogen and oxygen atoms in total. The molecule has 0 spiro atoms. The van der Waals surface area contributed by atoms with Crippen LogP contribution in [0.3, 0.4) is 0 Å². The highest BCUT2D eigenvalue weighted by Gasteiger charge is 2.44. The van der Waals surface area contributed by atoms with Crippen LogP contribution in [0.4, 0.5) is 0 Å². The largest absolute Gasteiger partial charge is 0.309 e. The van der Waals surface area contributed by atoms with Gasteiger partial charge in [-0.3, -0.25) is 0 Å². The molecule has 3 rings (SSSR count). The molecule has 2 heteroatoms. The SMILES string of the molecule is CCNC(c1ccc(C)s1)C1CC1c1ccccc1. The van der Waals surface area contributed by atoms with Crippen LogP contribution in [0.1, 0.15) is 40.6 Å². The first-order valence-electron chi connectivity index (χ1n) is 7.14. The highest BCUT2D eigenvalue weighted by atomic mass is 32.1. The van der Waals surface area contributed by atoms with E-state index in [1.807, 2.05) is 11.3 Å². The van der Waals surface area contributed by atoms with Gasteiger partial charge in [0.1, 0.15) is 0 Å². The van der Waals surface area contributed by atoms with Crippen molar-refractivity contribution < 1.29 is 0 Å². The zero-order valence-corrected chi connectivity index (χ0v) is 12.4. The fraction of sp³-hybridized carbons (Fsp3) is 0.412. The van der Waals surface area contributed by atoms with Crippen molar-refractivity contribution >= 4 is 11.3 Å². The van der Waals surface area contributed by atoms with Crippen molar-refractivity contribution in [1.82, 2.24) is 5.32 Å². The maximum absolute atomic E-state index is 3.68. The molecule has 1 aliphatic carbocycles. The summed E-state index contributed by atoms with van der Waals surface area (Å²) in [4.78, 5) is 2.91. The van der Waals surface area contributed by atoms with E-state index >= 15 is 0 Å². The monoisotopic (exact) mass is 271 g/mol. The van der Waals surface area contributed by atoms with E-state index in [0.717, 1.165) is 18.4 Å². The standard InChI is InChI=1S/C17H21NS/c1-3-18-17(16-10-9-12(2)19-16)15-11-14(15)13-7-5-4-6-8-13/h4-10,14-15,17-18H,3,11H2,1-2H3. The molecule has 1 aromatic carbocycles. The summed E-state index contributed by atoms with van der Waals surface area (Å²) in [6.07, 6.45) is 1.32. The second kappa shape index (κ2) is 5.48. The van der Waals surface area contributed by atoms with Crippen molar-refractivity contribution in [3.8, 4) is 0 Å². The van der Waals surface area contributed by atoms with E-state index in [4.69, 9.17) is 0 Å². The topological polar surface area (TPSA) is 12.0 Å². The van der Waals surface area contributed by atoms with Crippen molar-refractivity contribution in [3.63, 3.8) is 0 Å². The lowest BCUT2D eigenvalue weighted by Gasteiger charge is -2.16. The smallest absolute Gasteiger partial charge is 0.0449 e. The van der Waals surface area contributed by atoms with Gasteiger partial charge in [0.25, 0.3) is 0 Å². The molecule has 1 N–H and O–H groups in total. The summed E-state index contributed by atoms with van der Waals surface area (Å²) in [5.74, 6) is 1.51. The van der Waals surface area contributed by atoms with Gasteiger partial charge < -0.3 is 5.32 Å². The van der Waals surface area contributed by atoms with Crippen LogP contribution in [0.5, 0.6) is 0 Å². The molecule has 19 heavy (non-hydrogen) atoms. The number of rotatable bonds is 5. The average Bonchev–Trinajstić information content (AvgIpc) is 3.12. The van der Waals surface area contributed by atoms with Crippen LogP contribution < -0.4 is 5.32 Å². The second-order valence-electron chi connectivity index (χ2n) is 5.40. The van der Waals surface area contributed by atoms with Gasteiger partial charge in [0, 0.05) is 15.8 Å². The molecule has 1 heterocycles. The third-order valence-corrected chi connectivity index (χ3v) is 5.07. The van der Waals surface area contributed by atoms with Crippen LogP contribution in [0.25, 0.3) is 0 Å². The van der Waals surface area contributed by atoms with Crippen LogP contribution in [0.15, 0.2) is 42.5 Å². The van der Waals surface area contributed by atoms with Gasteiger partial charge in [-0.15, -0.1) is 11.3 Å². The van der Waals surface area contributed by atoms with Crippen LogP contribution in [-0.4, -0.2) is 6.54 Å². The minimum absolute atomic E-state index is 0.536. The minimum Gasteiger partial charge on any atom is -0.309 e. The summed E-state index contributed by atoms with van der Waals surface area (Å²) in [5.41, 5.74) is 1.50. The number of thiophene rings is 1. The van der Waals surface area contributed by atoms with Crippen molar-refractivity contribution in [3.05, 3.63) is 57.8 Å². The Labute approximate surface area is 119 Å². The van der Waals surface area contributed by atoms with E-state index in [0.29, 0.717) is 6.04 Å². The quantitative estimate of drug-likeness (QED) is 0.843. The van der Waals surface area contributed by atoms with Crippen LogP contribution in [-0.2, 0) is 0 Å². The van der Waals surface area contributed by atoms with Crippen LogP contribution in [0, 0.1) is 12.8 Å². The molecule has 1 saturated carbocycles. The molecule has 100 valence electrons. The van der Waals surface area contributed by atoms with Crippen molar-refractivity contribution in [1.29, 1.82) is 0 Å². The summed E-state index contributed by atoms with van der Waals surface area (Å²) < 4.78 is 0. The summed E-state index contributed by atoms with van der Waals surface area (Å²) in [6, 6.07) is 16.0. The minimum atomic E-state index is 0.536. The van der Waals surface area contributed by atoms with Gasteiger partial charge in [-0.1, -0.05) is 37.3 Å². The fourth-order valence-electron chi connectivity index (χ4n) is 2.97. The molecule has 0 saturated heterocycles. The first kappa shape index (κ1) is 12.9. The number of nitrogens with one attached hydrogen (secondary N) is 1. The lowest BCUT2D eigenvalue weighted by molar-refractivity contribution is 0.494. The normalized spacial score (nSPS) is 23.3. The van der Waals surface area contributed by atoms with Crippen molar-refractivity contribution in [2.45, 2.75) is 32.2 Å². The Balaban J connectivity index is 1.76. The Kier molecular flexibility index (Phi) is 3.72. The van der Waals surface area contributed by atoms with E-state index < -0.39 is 0 Å². The van der Waals surface area contributed by atoms with E-state index in [9.17, 15) is 0 Å². The van der Waals surface area contributed by atoms with Crippen LogP contribution in [0.2, 0.25) is 0 Å². The van der Waals surface area contributed by atoms with E-state index in [2.05, 4.69) is 61.6 Å². The summed E-state index contributed by atoms with van der Waals surface area (Å²) in [6.45, 7) is 5.44. The second-order valence-corrected chi connectivity index (χ2v) is 6.72. The first-order chi connectivity index (χ1) is 9.29. The van der Waals surface area contributed by atoms with E-state index in [-0.39, 0.29) is 0 Å². The Morgan fingerprint density at radius 2 is 2.00 bits per heavy atom. The van der Waals surface area contributed by atoms with Gasteiger partial charge in [0.05, 0.1) is 0 Å². The fourth-order valence-corrected chi connectivity index (χ4v) is 4.00. The third-order valence-electron chi connectivity index (χ3n) is 3.99. The molecule has 1 fully saturated rings. The molecule has 0 radical (unpaired) electrons. The van der Waals surface area contributed by atoms with E-state index in [1.165, 1.54) is 21.7 Å². The molecule has 3 atom stereocenters. The van der Waals surface area contributed by atoms with Gasteiger partial charge in [0.2, 0.25) is 0 Å². The number of hydrogen-bond acceptors (Lipinski definition) is 2. The molecule has 1 aromatic heterocycles. The molecule has 1 aliphatic rings. The summed E-state index contributed by atoms with van der Waals surface area (Å²) in [5, 5.41) is 3.68. The van der Waals surface area contributed by atoms with Crippen molar-refractivity contribution in [2.24, 2.45) is 5.92 Å². The number of benzene rings is 1. The molecular formula is C17H21NS. The van der Waals surface area contributed by atoms with Gasteiger partial charge in [-0.2, -0.15) is 0 Å². The van der Waals surface area contributed by atoms with Crippen LogP contribution >= 0.6 is 11.3 Å².